The zero-order valence-corrected chi connectivity index (χ0v) is 15.2. The van der Waals surface area contributed by atoms with Crippen molar-refractivity contribution < 1.29 is 9.53 Å². The molecule has 5 heteroatoms. The molecule has 2 aliphatic rings. The van der Waals surface area contributed by atoms with Crippen LogP contribution in [0.4, 0.5) is 11.4 Å². The molecule has 1 atom stereocenters. The summed E-state index contributed by atoms with van der Waals surface area (Å²) in [5.41, 5.74) is 5.10. The second kappa shape index (κ2) is 6.23. The van der Waals surface area contributed by atoms with Crippen LogP contribution in [0.3, 0.4) is 0 Å². The van der Waals surface area contributed by atoms with E-state index in [9.17, 15) is 4.79 Å². The number of hydrogen-bond donors (Lipinski definition) is 0. The van der Waals surface area contributed by atoms with E-state index in [-0.39, 0.29) is 5.91 Å². The molecule has 132 valence electrons. The van der Waals surface area contributed by atoms with Crippen molar-refractivity contribution >= 4 is 17.3 Å². The Bertz CT molecular complexity index is 805. The van der Waals surface area contributed by atoms with E-state index in [4.69, 9.17) is 4.74 Å². The first-order chi connectivity index (χ1) is 12.1. The maximum Gasteiger partial charge on any atom is 0.260 e. The average molecular weight is 339 g/mol. The number of carbonyl (C=O) groups excluding carboxylic acids is 1. The first kappa shape index (κ1) is 16.2. The van der Waals surface area contributed by atoms with Crippen molar-refractivity contribution in [1.29, 1.82) is 0 Å². The van der Waals surface area contributed by atoms with Gasteiger partial charge in [-0.25, -0.2) is 0 Å². The predicted octanol–water partition coefficient (Wildman–Crippen LogP) is 3.16. The Morgan fingerprint density at radius 2 is 1.92 bits per heavy atom. The number of aryl methyl sites for hydroxylation is 1. The van der Waals surface area contributed by atoms with Crippen molar-refractivity contribution in [3.05, 3.63) is 47.3 Å². The molecular formula is C20H25N3O2. The molecule has 0 radical (unpaired) electrons. The fourth-order valence-corrected chi connectivity index (χ4v) is 4.14. The van der Waals surface area contributed by atoms with Crippen molar-refractivity contribution in [3.63, 3.8) is 0 Å². The van der Waals surface area contributed by atoms with E-state index >= 15 is 0 Å². The van der Waals surface area contributed by atoms with Gasteiger partial charge in [0, 0.05) is 38.1 Å². The van der Waals surface area contributed by atoms with E-state index in [0.717, 1.165) is 54.5 Å². The summed E-state index contributed by atoms with van der Waals surface area (Å²) in [6.07, 6.45) is 1.02. The molecule has 0 spiro atoms. The lowest BCUT2D eigenvalue weighted by Gasteiger charge is -2.35. The Morgan fingerprint density at radius 1 is 1.16 bits per heavy atom. The number of carbonyl (C=O) groups is 1. The highest BCUT2D eigenvalue weighted by Gasteiger charge is 2.29. The number of likely N-dealkylation sites (N-methyl/N-ethyl adjacent to an activating group) is 1. The number of para-hydroxylation sites is 2. The highest BCUT2D eigenvalue weighted by atomic mass is 16.5. The van der Waals surface area contributed by atoms with Crippen molar-refractivity contribution in [2.45, 2.75) is 26.3 Å². The Balaban J connectivity index is 1.70. The first-order valence-electron chi connectivity index (χ1n) is 8.96. The molecule has 5 nitrogen and oxygen atoms in total. The van der Waals surface area contributed by atoms with Crippen LogP contribution in [0.1, 0.15) is 34.2 Å². The van der Waals surface area contributed by atoms with E-state index in [1.807, 2.05) is 29.2 Å². The van der Waals surface area contributed by atoms with Crippen LogP contribution in [0.2, 0.25) is 0 Å². The molecule has 1 unspecified atom stereocenters. The van der Waals surface area contributed by atoms with E-state index < -0.39 is 0 Å². The zero-order valence-electron chi connectivity index (χ0n) is 15.2. The van der Waals surface area contributed by atoms with Crippen LogP contribution in [0.15, 0.2) is 30.3 Å². The van der Waals surface area contributed by atoms with Gasteiger partial charge in [0.1, 0.15) is 0 Å². The van der Waals surface area contributed by atoms with Crippen molar-refractivity contribution in [2.24, 2.45) is 0 Å². The lowest BCUT2D eigenvalue weighted by atomic mass is 10.1. The summed E-state index contributed by atoms with van der Waals surface area (Å²) in [6, 6.07) is 10.5. The van der Waals surface area contributed by atoms with Gasteiger partial charge in [0.15, 0.2) is 0 Å². The summed E-state index contributed by atoms with van der Waals surface area (Å²) in [6.45, 7) is 7.24. The number of ether oxygens (including phenoxy) is 1. The fraction of sp³-hybridized carbons (Fsp3) is 0.450. The molecule has 25 heavy (non-hydrogen) atoms. The lowest BCUT2D eigenvalue weighted by molar-refractivity contribution is 0.0986. The fourth-order valence-electron chi connectivity index (χ4n) is 4.14. The number of nitrogens with zero attached hydrogens (tertiary/aromatic N) is 3. The minimum Gasteiger partial charge on any atom is -0.379 e. The molecule has 1 saturated heterocycles. The molecule has 1 amide bonds. The highest BCUT2D eigenvalue weighted by Crippen LogP contribution is 2.34. The van der Waals surface area contributed by atoms with Crippen LogP contribution >= 0.6 is 0 Å². The lowest BCUT2D eigenvalue weighted by Crippen LogP contribution is -2.42. The van der Waals surface area contributed by atoms with Crippen molar-refractivity contribution in [3.8, 4) is 0 Å². The molecule has 2 aromatic rings. The molecule has 2 aliphatic heterocycles. The van der Waals surface area contributed by atoms with Gasteiger partial charge >= 0.3 is 0 Å². The van der Waals surface area contributed by atoms with E-state index in [1.165, 1.54) is 0 Å². The first-order valence-corrected chi connectivity index (χ1v) is 8.96. The maximum atomic E-state index is 13.3. The van der Waals surface area contributed by atoms with Gasteiger partial charge in [0.2, 0.25) is 0 Å². The largest absolute Gasteiger partial charge is 0.379 e. The van der Waals surface area contributed by atoms with E-state index in [1.54, 1.807) is 0 Å². The molecule has 0 N–H and O–H groups in total. The molecule has 0 saturated carbocycles. The van der Waals surface area contributed by atoms with Gasteiger partial charge in [-0.1, -0.05) is 12.1 Å². The summed E-state index contributed by atoms with van der Waals surface area (Å²) < 4.78 is 7.82. The normalized spacial score (nSPS) is 20.0. The molecule has 0 aliphatic carbocycles. The Hall–Kier alpha value is -2.27. The van der Waals surface area contributed by atoms with Crippen LogP contribution in [0, 0.1) is 13.8 Å². The van der Waals surface area contributed by atoms with Gasteiger partial charge in [-0.3, -0.25) is 4.79 Å². The summed E-state index contributed by atoms with van der Waals surface area (Å²) in [5.74, 6) is 0.0961. The van der Waals surface area contributed by atoms with Gasteiger partial charge in [0.25, 0.3) is 5.91 Å². The second-order valence-corrected chi connectivity index (χ2v) is 7.04. The highest BCUT2D eigenvalue weighted by molar-refractivity contribution is 6.09. The van der Waals surface area contributed by atoms with Crippen LogP contribution in [-0.2, 0) is 4.74 Å². The second-order valence-electron chi connectivity index (χ2n) is 7.04. The molecular weight excluding hydrogens is 314 g/mol. The molecule has 0 bridgehead atoms. The summed E-state index contributed by atoms with van der Waals surface area (Å²) >= 11 is 0. The third kappa shape index (κ3) is 2.63. The number of fused-ring (bicyclic) bond motifs is 1. The minimum absolute atomic E-state index is 0.0961. The minimum atomic E-state index is 0.0961. The van der Waals surface area contributed by atoms with Crippen LogP contribution < -0.4 is 9.80 Å². The van der Waals surface area contributed by atoms with Crippen LogP contribution in [0.25, 0.3) is 0 Å². The number of anilines is 2. The molecule has 1 aromatic heterocycles. The van der Waals surface area contributed by atoms with Crippen molar-refractivity contribution in [2.75, 3.05) is 43.2 Å². The summed E-state index contributed by atoms with van der Waals surface area (Å²) in [5, 5.41) is 0. The van der Waals surface area contributed by atoms with Gasteiger partial charge < -0.3 is 19.1 Å². The average Bonchev–Trinajstić information content (AvgIpc) is 3.23. The van der Waals surface area contributed by atoms with Crippen LogP contribution in [0.5, 0.6) is 0 Å². The maximum absolute atomic E-state index is 13.3. The monoisotopic (exact) mass is 339 g/mol. The summed E-state index contributed by atoms with van der Waals surface area (Å²) in [4.78, 5) is 17.5. The number of benzene rings is 1. The smallest absolute Gasteiger partial charge is 0.260 e. The SMILES string of the molecule is Cc1cc(C(=O)N2CCN(C)c3ccccc32)c(C)n1C1CCOC1. The standard InChI is InChI=1S/C20H25N3O2/c1-14-12-17(15(2)23(14)16-8-11-25-13-16)20(24)22-10-9-21(3)18-6-4-5-7-19(18)22/h4-7,12,16H,8-11,13H2,1-3H3. The zero-order chi connectivity index (χ0) is 17.6. The third-order valence-electron chi connectivity index (χ3n) is 5.47. The number of rotatable bonds is 2. The number of hydrogen-bond acceptors (Lipinski definition) is 3. The number of aromatic nitrogens is 1. The molecule has 1 fully saturated rings. The van der Waals surface area contributed by atoms with Gasteiger partial charge in [-0.15, -0.1) is 0 Å². The van der Waals surface area contributed by atoms with Crippen LogP contribution in [-0.4, -0.2) is 43.8 Å². The molecule has 1 aromatic carbocycles. The van der Waals surface area contributed by atoms with Gasteiger partial charge in [0.05, 0.1) is 29.6 Å². The number of amides is 1. The Kier molecular flexibility index (Phi) is 4.04. The topological polar surface area (TPSA) is 37.7 Å². The van der Waals surface area contributed by atoms with E-state index in [2.05, 4.69) is 36.4 Å². The molecule has 3 heterocycles. The Labute approximate surface area is 148 Å². The van der Waals surface area contributed by atoms with Crippen molar-refractivity contribution in [1.82, 2.24) is 4.57 Å². The quantitative estimate of drug-likeness (QED) is 0.843. The van der Waals surface area contributed by atoms with Gasteiger partial charge in [-0.2, -0.15) is 0 Å². The van der Waals surface area contributed by atoms with E-state index in [0.29, 0.717) is 12.6 Å². The summed E-state index contributed by atoms with van der Waals surface area (Å²) in [7, 11) is 2.08. The third-order valence-corrected chi connectivity index (χ3v) is 5.47. The predicted molar refractivity (Wildman–Crippen MR) is 99.8 cm³/mol. The van der Waals surface area contributed by atoms with Gasteiger partial charge in [-0.05, 0) is 38.5 Å². The Morgan fingerprint density at radius 3 is 2.64 bits per heavy atom. The molecule has 4 rings (SSSR count).